The lowest BCUT2D eigenvalue weighted by Crippen LogP contribution is -1.96. The molecule has 132 valence electrons. The summed E-state index contributed by atoms with van der Waals surface area (Å²) in [5.74, 6) is 2.99. The summed E-state index contributed by atoms with van der Waals surface area (Å²) in [6.45, 7) is 0. The zero-order valence-electron chi connectivity index (χ0n) is 14.6. The number of nitrogens with one attached hydrogen (secondary N) is 2. The van der Waals surface area contributed by atoms with Crippen molar-refractivity contribution in [3.8, 4) is 22.9 Å². The number of nitrogens with zero attached hydrogens (tertiary/aromatic N) is 3. The quantitative estimate of drug-likeness (QED) is 0.558. The second-order valence-corrected chi connectivity index (χ2v) is 5.93. The molecule has 7 nitrogen and oxygen atoms in total. The molecule has 0 bridgehead atoms. The Labute approximate surface area is 150 Å². The predicted molar refractivity (Wildman–Crippen MR) is 98.4 cm³/mol. The molecule has 0 fully saturated rings. The highest BCUT2D eigenvalue weighted by atomic mass is 16.5. The first-order valence-corrected chi connectivity index (χ1v) is 8.32. The molecular formula is C19H19N5O2. The lowest BCUT2D eigenvalue weighted by molar-refractivity contribution is 0.354. The standard InChI is InChI=1S/C19H19N5O2/c1-25-16-7-3-12(9-17(16)26-2)4-8-18-22-19(24-23-18)13-5-6-14-15(10-13)21-11-20-14/h3,5-7,9-11H,4,8H2,1-2H3,(H,20,21)(H,22,23,24). The largest absolute Gasteiger partial charge is 0.493 e. The van der Waals surface area contributed by atoms with Crippen LogP contribution < -0.4 is 9.47 Å². The predicted octanol–water partition coefficient (Wildman–Crippen LogP) is 3.15. The minimum Gasteiger partial charge on any atom is -0.493 e. The first-order chi connectivity index (χ1) is 12.8. The lowest BCUT2D eigenvalue weighted by atomic mass is 10.1. The number of aromatic amines is 2. The van der Waals surface area contributed by atoms with Crippen LogP contribution in [0.4, 0.5) is 0 Å². The summed E-state index contributed by atoms with van der Waals surface area (Å²) in [6, 6.07) is 11.9. The van der Waals surface area contributed by atoms with Crippen molar-refractivity contribution in [1.29, 1.82) is 0 Å². The first-order valence-electron chi connectivity index (χ1n) is 8.32. The smallest absolute Gasteiger partial charge is 0.181 e. The molecule has 0 radical (unpaired) electrons. The number of aromatic nitrogens is 5. The van der Waals surface area contributed by atoms with Crippen LogP contribution in [0.25, 0.3) is 22.4 Å². The van der Waals surface area contributed by atoms with E-state index in [0.29, 0.717) is 5.82 Å². The fraction of sp³-hybridized carbons (Fsp3) is 0.211. The van der Waals surface area contributed by atoms with Crippen molar-refractivity contribution in [2.24, 2.45) is 0 Å². The monoisotopic (exact) mass is 349 g/mol. The van der Waals surface area contributed by atoms with Crippen molar-refractivity contribution in [3.63, 3.8) is 0 Å². The molecule has 0 saturated heterocycles. The van der Waals surface area contributed by atoms with Gasteiger partial charge in [-0.3, -0.25) is 5.10 Å². The van der Waals surface area contributed by atoms with Gasteiger partial charge in [-0.05, 0) is 42.3 Å². The molecule has 0 aliphatic carbocycles. The molecule has 0 atom stereocenters. The molecule has 7 heteroatoms. The number of ether oxygens (including phenoxy) is 2. The van der Waals surface area contributed by atoms with E-state index in [9.17, 15) is 0 Å². The van der Waals surface area contributed by atoms with Gasteiger partial charge in [-0.25, -0.2) is 9.97 Å². The molecule has 2 heterocycles. The maximum absolute atomic E-state index is 5.35. The highest BCUT2D eigenvalue weighted by Gasteiger charge is 2.09. The molecular weight excluding hydrogens is 330 g/mol. The Bertz CT molecular complexity index is 1040. The zero-order chi connectivity index (χ0) is 17.9. The summed E-state index contributed by atoms with van der Waals surface area (Å²) in [7, 11) is 3.27. The van der Waals surface area contributed by atoms with Gasteiger partial charge in [0.1, 0.15) is 5.82 Å². The number of hydrogen-bond acceptors (Lipinski definition) is 5. The summed E-state index contributed by atoms with van der Waals surface area (Å²) in [6.07, 6.45) is 3.27. The highest BCUT2D eigenvalue weighted by Crippen LogP contribution is 2.28. The normalized spacial score (nSPS) is 11.0. The SMILES string of the molecule is COc1ccc(CCc2nc(-c3ccc4nc[nH]c4c3)n[nH]2)cc1OC. The minimum absolute atomic E-state index is 0.684. The third-order valence-electron chi connectivity index (χ3n) is 4.31. The third kappa shape index (κ3) is 3.11. The fourth-order valence-corrected chi connectivity index (χ4v) is 2.91. The van der Waals surface area contributed by atoms with E-state index in [1.54, 1.807) is 20.5 Å². The molecule has 0 aliphatic heterocycles. The van der Waals surface area contributed by atoms with Crippen LogP contribution in [0.5, 0.6) is 11.5 Å². The van der Waals surface area contributed by atoms with Crippen molar-refractivity contribution < 1.29 is 9.47 Å². The summed E-state index contributed by atoms with van der Waals surface area (Å²) in [5.41, 5.74) is 4.01. The third-order valence-corrected chi connectivity index (χ3v) is 4.31. The number of methoxy groups -OCH3 is 2. The van der Waals surface area contributed by atoms with Gasteiger partial charge in [0.2, 0.25) is 0 Å². The van der Waals surface area contributed by atoms with E-state index in [-0.39, 0.29) is 0 Å². The van der Waals surface area contributed by atoms with Crippen LogP contribution in [0.2, 0.25) is 0 Å². The van der Waals surface area contributed by atoms with Gasteiger partial charge < -0.3 is 14.5 Å². The van der Waals surface area contributed by atoms with Gasteiger partial charge in [0.15, 0.2) is 17.3 Å². The number of aryl methyl sites for hydroxylation is 2. The maximum atomic E-state index is 5.35. The van der Waals surface area contributed by atoms with E-state index in [0.717, 1.165) is 52.3 Å². The molecule has 2 aromatic heterocycles. The lowest BCUT2D eigenvalue weighted by Gasteiger charge is -2.09. The van der Waals surface area contributed by atoms with E-state index >= 15 is 0 Å². The van der Waals surface area contributed by atoms with Crippen molar-refractivity contribution >= 4 is 11.0 Å². The van der Waals surface area contributed by atoms with Crippen LogP contribution >= 0.6 is 0 Å². The average Bonchev–Trinajstić information content (AvgIpc) is 3.34. The fourth-order valence-electron chi connectivity index (χ4n) is 2.91. The molecule has 2 N–H and O–H groups in total. The topological polar surface area (TPSA) is 88.7 Å². The van der Waals surface area contributed by atoms with Gasteiger partial charge >= 0.3 is 0 Å². The first kappa shape index (κ1) is 16.1. The summed E-state index contributed by atoms with van der Waals surface area (Å²) >= 11 is 0. The zero-order valence-corrected chi connectivity index (χ0v) is 14.6. The van der Waals surface area contributed by atoms with Crippen molar-refractivity contribution in [1.82, 2.24) is 25.1 Å². The van der Waals surface area contributed by atoms with Crippen LogP contribution in [0.3, 0.4) is 0 Å². The van der Waals surface area contributed by atoms with E-state index in [1.165, 1.54) is 0 Å². The van der Waals surface area contributed by atoms with Gasteiger partial charge in [-0.2, -0.15) is 5.10 Å². The Hall–Kier alpha value is -3.35. The van der Waals surface area contributed by atoms with Crippen LogP contribution in [0.1, 0.15) is 11.4 Å². The molecule has 0 saturated carbocycles. The van der Waals surface area contributed by atoms with Crippen LogP contribution in [0, 0.1) is 0 Å². The van der Waals surface area contributed by atoms with Gasteiger partial charge in [0.05, 0.1) is 31.6 Å². The molecule has 0 spiro atoms. The van der Waals surface area contributed by atoms with Crippen molar-refractivity contribution in [2.75, 3.05) is 14.2 Å². The maximum Gasteiger partial charge on any atom is 0.181 e. The second-order valence-electron chi connectivity index (χ2n) is 5.93. The highest BCUT2D eigenvalue weighted by molar-refractivity contribution is 5.79. The van der Waals surface area contributed by atoms with Crippen LogP contribution in [-0.4, -0.2) is 39.4 Å². The summed E-state index contributed by atoms with van der Waals surface area (Å²) in [4.78, 5) is 11.9. The Morgan fingerprint density at radius 1 is 0.962 bits per heavy atom. The Morgan fingerprint density at radius 3 is 2.69 bits per heavy atom. The van der Waals surface area contributed by atoms with Crippen molar-refractivity contribution in [3.05, 3.63) is 54.1 Å². The van der Waals surface area contributed by atoms with Crippen molar-refractivity contribution in [2.45, 2.75) is 12.8 Å². The molecule has 0 unspecified atom stereocenters. The summed E-state index contributed by atoms with van der Waals surface area (Å²) in [5, 5.41) is 7.36. The molecule has 26 heavy (non-hydrogen) atoms. The Balaban J connectivity index is 1.48. The number of fused-ring (bicyclic) bond motifs is 1. The van der Waals surface area contributed by atoms with Crippen LogP contribution in [0.15, 0.2) is 42.7 Å². The Kier molecular flexibility index (Phi) is 4.27. The number of imidazole rings is 1. The second kappa shape index (κ2) is 6.87. The van der Waals surface area contributed by atoms with Crippen LogP contribution in [-0.2, 0) is 12.8 Å². The van der Waals surface area contributed by atoms with Gasteiger partial charge in [-0.15, -0.1) is 0 Å². The molecule has 4 aromatic rings. The van der Waals surface area contributed by atoms with E-state index < -0.39 is 0 Å². The molecule has 4 rings (SSSR count). The van der Waals surface area contributed by atoms with E-state index in [4.69, 9.17) is 9.47 Å². The van der Waals surface area contributed by atoms with Gasteiger partial charge in [-0.1, -0.05) is 6.07 Å². The Morgan fingerprint density at radius 2 is 1.85 bits per heavy atom. The molecule has 0 aliphatic rings. The van der Waals surface area contributed by atoms with Gasteiger partial charge in [0, 0.05) is 12.0 Å². The number of H-pyrrole nitrogens is 2. The van der Waals surface area contributed by atoms with Gasteiger partial charge in [0.25, 0.3) is 0 Å². The minimum atomic E-state index is 0.684. The molecule has 0 amide bonds. The number of benzene rings is 2. The average molecular weight is 349 g/mol. The summed E-state index contributed by atoms with van der Waals surface area (Å²) < 4.78 is 10.6. The molecule has 2 aromatic carbocycles. The number of rotatable bonds is 6. The van der Waals surface area contributed by atoms with E-state index in [1.807, 2.05) is 36.4 Å². The number of hydrogen-bond donors (Lipinski definition) is 2. The van der Waals surface area contributed by atoms with E-state index in [2.05, 4.69) is 25.1 Å².